The lowest BCUT2D eigenvalue weighted by molar-refractivity contribution is -0.176. The van der Waals surface area contributed by atoms with E-state index in [-0.39, 0.29) is 11.2 Å². The largest absolute Gasteiger partial charge is 0.347 e. The molecule has 6 rings (SSSR count). The van der Waals surface area contributed by atoms with Crippen LogP contribution in [-0.4, -0.2) is 43.0 Å². The van der Waals surface area contributed by atoms with Crippen LogP contribution in [0.5, 0.6) is 0 Å². The van der Waals surface area contributed by atoms with Gasteiger partial charge in [-0.25, -0.2) is 0 Å². The van der Waals surface area contributed by atoms with Gasteiger partial charge in [0.2, 0.25) is 0 Å². The predicted octanol–water partition coefficient (Wildman–Crippen LogP) is 3.74. The highest BCUT2D eigenvalue weighted by Crippen LogP contribution is 2.57. The Bertz CT molecular complexity index is 774. The SMILES string of the molecule is Cc1ccc2c(c1)[C@]13CCN(CC4CC4)[C@H](C2)C1=CCC1(C3)OCCO1. The fourth-order valence-electron chi connectivity index (χ4n) is 6.18. The first kappa shape index (κ1) is 15.9. The molecule has 2 bridgehead atoms. The molecule has 0 N–H and O–H groups in total. The van der Waals surface area contributed by atoms with Crippen LogP contribution in [0.1, 0.15) is 48.8 Å². The van der Waals surface area contributed by atoms with Gasteiger partial charge in [-0.1, -0.05) is 29.8 Å². The van der Waals surface area contributed by atoms with E-state index in [1.165, 1.54) is 44.3 Å². The van der Waals surface area contributed by atoms with Gasteiger partial charge in [0.05, 0.1) is 13.2 Å². The van der Waals surface area contributed by atoms with Crippen molar-refractivity contribution < 1.29 is 9.47 Å². The number of benzene rings is 1. The lowest BCUT2D eigenvalue weighted by Crippen LogP contribution is -2.59. The fraction of sp³-hybridized carbons (Fsp3) is 0.652. The molecule has 0 aromatic heterocycles. The normalized spacial score (nSPS) is 35.1. The number of nitrogens with zero attached hydrogens (tertiary/aromatic N) is 1. The van der Waals surface area contributed by atoms with Gasteiger partial charge in [-0.15, -0.1) is 0 Å². The predicted molar refractivity (Wildman–Crippen MR) is 101 cm³/mol. The number of hydrogen-bond donors (Lipinski definition) is 0. The van der Waals surface area contributed by atoms with Crippen molar-refractivity contribution in [2.24, 2.45) is 5.92 Å². The Kier molecular flexibility index (Phi) is 3.31. The summed E-state index contributed by atoms with van der Waals surface area (Å²) in [5.74, 6) is 0.587. The van der Waals surface area contributed by atoms with Crippen molar-refractivity contribution in [3.05, 3.63) is 46.5 Å². The first-order valence-electron chi connectivity index (χ1n) is 10.5. The van der Waals surface area contributed by atoms with Gasteiger partial charge in [0, 0.05) is 30.8 Å². The summed E-state index contributed by atoms with van der Waals surface area (Å²) in [5.41, 5.74) is 6.33. The van der Waals surface area contributed by atoms with Crippen LogP contribution in [0.3, 0.4) is 0 Å². The molecule has 0 radical (unpaired) electrons. The molecule has 2 saturated heterocycles. The Morgan fingerprint density at radius 2 is 2.04 bits per heavy atom. The van der Waals surface area contributed by atoms with E-state index in [1.807, 2.05) is 0 Å². The molecule has 3 heteroatoms. The van der Waals surface area contributed by atoms with Crippen LogP contribution in [0, 0.1) is 12.8 Å². The highest BCUT2D eigenvalue weighted by Gasteiger charge is 2.57. The van der Waals surface area contributed by atoms with Gasteiger partial charge in [-0.05, 0) is 61.8 Å². The first-order valence-corrected chi connectivity index (χ1v) is 10.5. The number of hydrogen-bond acceptors (Lipinski definition) is 3. The van der Waals surface area contributed by atoms with E-state index in [1.54, 1.807) is 16.7 Å². The molecule has 3 fully saturated rings. The van der Waals surface area contributed by atoms with Gasteiger partial charge in [-0.2, -0.15) is 0 Å². The van der Waals surface area contributed by atoms with Crippen molar-refractivity contribution in [2.75, 3.05) is 26.3 Å². The van der Waals surface area contributed by atoms with E-state index in [9.17, 15) is 0 Å². The summed E-state index contributed by atoms with van der Waals surface area (Å²) in [7, 11) is 0. The van der Waals surface area contributed by atoms with Crippen molar-refractivity contribution >= 4 is 0 Å². The topological polar surface area (TPSA) is 21.7 Å². The number of likely N-dealkylation sites (tertiary alicyclic amines) is 1. The second-order valence-corrected chi connectivity index (χ2v) is 9.30. The fourth-order valence-corrected chi connectivity index (χ4v) is 6.18. The summed E-state index contributed by atoms with van der Waals surface area (Å²) in [6.07, 6.45) is 9.73. The average molecular weight is 351 g/mol. The second-order valence-electron chi connectivity index (χ2n) is 9.30. The van der Waals surface area contributed by atoms with E-state index >= 15 is 0 Å². The molecular formula is C23H29NO2. The van der Waals surface area contributed by atoms with Crippen LogP contribution in [0.15, 0.2) is 29.8 Å². The molecule has 1 aromatic rings. The van der Waals surface area contributed by atoms with E-state index in [0.717, 1.165) is 32.0 Å². The van der Waals surface area contributed by atoms with Crippen molar-refractivity contribution in [3.8, 4) is 0 Å². The zero-order valence-electron chi connectivity index (χ0n) is 15.8. The van der Waals surface area contributed by atoms with Gasteiger partial charge < -0.3 is 9.47 Å². The van der Waals surface area contributed by atoms with E-state index in [2.05, 4.69) is 36.1 Å². The molecule has 1 spiro atoms. The third-order valence-corrected chi connectivity index (χ3v) is 7.58. The van der Waals surface area contributed by atoms with Gasteiger partial charge in [0.15, 0.2) is 5.79 Å². The van der Waals surface area contributed by atoms with Crippen LogP contribution in [0.4, 0.5) is 0 Å². The van der Waals surface area contributed by atoms with Gasteiger partial charge in [-0.3, -0.25) is 4.90 Å². The maximum Gasteiger partial charge on any atom is 0.173 e. The van der Waals surface area contributed by atoms with Crippen molar-refractivity contribution in [2.45, 2.75) is 62.7 Å². The van der Waals surface area contributed by atoms with Crippen molar-refractivity contribution in [3.63, 3.8) is 0 Å². The Balaban J connectivity index is 1.48. The van der Waals surface area contributed by atoms with E-state index in [4.69, 9.17) is 9.47 Å². The Morgan fingerprint density at radius 3 is 2.85 bits per heavy atom. The number of ether oxygens (including phenoxy) is 2. The quantitative estimate of drug-likeness (QED) is 0.758. The lowest BCUT2D eigenvalue weighted by Gasteiger charge is -2.57. The zero-order valence-corrected chi connectivity index (χ0v) is 15.8. The third-order valence-electron chi connectivity index (χ3n) is 7.58. The number of rotatable bonds is 2. The summed E-state index contributed by atoms with van der Waals surface area (Å²) >= 11 is 0. The molecule has 2 atom stereocenters. The maximum absolute atomic E-state index is 6.18. The summed E-state index contributed by atoms with van der Waals surface area (Å²) < 4.78 is 12.4. The zero-order chi connectivity index (χ0) is 17.4. The van der Waals surface area contributed by atoms with Gasteiger partial charge in [0.1, 0.15) is 0 Å². The summed E-state index contributed by atoms with van der Waals surface area (Å²) in [4.78, 5) is 2.80. The molecule has 5 aliphatic rings. The molecule has 3 aliphatic carbocycles. The van der Waals surface area contributed by atoms with Gasteiger partial charge in [0.25, 0.3) is 0 Å². The molecule has 2 heterocycles. The van der Waals surface area contributed by atoms with Crippen LogP contribution in [0.2, 0.25) is 0 Å². The van der Waals surface area contributed by atoms with Crippen LogP contribution >= 0.6 is 0 Å². The standard InChI is InChI=1S/C23H29NO2/c1-16-2-5-18-13-21-19-6-7-23(25-10-11-26-23)15-22(19,20(18)12-16)8-9-24(21)14-17-3-4-17/h2,5-6,12,17,21H,3-4,7-11,13-15H2,1H3/t21-,22+/m1/s1. The Hall–Kier alpha value is -1.16. The molecular weight excluding hydrogens is 322 g/mol. The van der Waals surface area contributed by atoms with Gasteiger partial charge >= 0.3 is 0 Å². The molecule has 0 unspecified atom stereocenters. The summed E-state index contributed by atoms with van der Waals surface area (Å²) in [6, 6.07) is 7.75. The monoisotopic (exact) mass is 351 g/mol. The minimum Gasteiger partial charge on any atom is -0.347 e. The minimum absolute atomic E-state index is 0.132. The van der Waals surface area contributed by atoms with Crippen LogP contribution in [-0.2, 0) is 21.3 Å². The van der Waals surface area contributed by atoms with Crippen molar-refractivity contribution in [1.82, 2.24) is 4.90 Å². The maximum atomic E-state index is 6.18. The molecule has 3 nitrogen and oxygen atoms in total. The molecule has 1 saturated carbocycles. The lowest BCUT2D eigenvalue weighted by atomic mass is 9.55. The highest BCUT2D eigenvalue weighted by atomic mass is 16.7. The van der Waals surface area contributed by atoms with Crippen LogP contribution in [0.25, 0.3) is 0 Å². The first-order chi connectivity index (χ1) is 12.7. The molecule has 2 aliphatic heterocycles. The third kappa shape index (κ3) is 2.23. The average Bonchev–Trinajstić information content (AvgIpc) is 3.36. The summed E-state index contributed by atoms with van der Waals surface area (Å²) in [5, 5.41) is 0. The highest BCUT2D eigenvalue weighted by molar-refractivity contribution is 5.53. The van der Waals surface area contributed by atoms with E-state index < -0.39 is 0 Å². The van der Waals surface area contributed by atoms with E-state index in [0.29, 0.717) is 6.04 Å². The Morgan fingerprint density at radius 1 is 1.19 bits per heavy atom. The molecule has 26 heavy (non-hydrogen) atoms. The molecule has 138 valence electrons. The molecule has 0 amide bonds. The smallest absolute Gasteiger partial charge is 0.173 e. The van der Waals surface area contributed by atoms with Crippen LogP contribution < -0.4 is 0 Å². The molecule has 1 aromatic carbocycles. The summed E-state index contributed by atoms with van der Waals surface area (Å²) in [6.45, 7) is 6.25. The second kappa shape index (κ2) is 5.43. The minimum atomic E-state index is -0.370. The number of fused-ring (bicyclic) bond motifs is 1. The van der Waals surface area contributed by atoms with Crippen molar-refractivity contribution in [1.29, 1.82) is 0 Å². The number of piperidine rings is 1. The Labute approximate surface area is 156 Å². The number of aryl methyl sites for hydroxylation is 1.